The normalized spacial score (nSPS) is 11.2. The standard InChI is InChI=1S/C17H11N3O2S2/c1-11-5-6-23-16(11)8-13(9-18)17-19-15(10-24-17)12-3-2-4-14(7-12)20(21)22/h2-8,10H,1H3/b13-8+. The average Bonchev–Trinajstić information content (AvgIpc) is 3.22. The molecule has 1 aromatic carbocycles. The molecule has 0 aliphatic carbocycles. The van der Waals surface area contributed by atoms with Gasteiger partial charge in [-0.1, -0.05) is 12.1 Å². The summed E-state index contributed by atoms with van der Waals surface area (Å²) in [6.45, 7) is 1.99. The van der Waals surface area contributed by atoms with Crippen molar-refractivity contribution in [1.29, 1.82) is 5.26 Å². The van der Waals surface area contributed by atoms with Crippen molar-refractivity contribution in [3.05, 3.63) is 66.7 Å². The lowest BCUT2D eigenvalue weighted by molar-refractivity contribution is -0.384. The van der Waals surface area contributed by atoms with E-state index < -0.39 is 4.92 Å². The molecule has 0 amide bonds. The van der Waals surface area contributed by atoms with Crippen molar-refractivity contribution in [2.45, 2.75) is 6.92 Å². The van der Waals surface area contributed by atoms with Crippen LogP contribution in [0.4, 0.5) is 5.69 Å². The van der Waals surface area contributed by atoms with E-state index in [1.807, 2.05) is 24.4 Å². The van der Waals surface area contributed by atoms with Crippen LogP contribution in [0.1, 0.15) is 15.4 Å². The molecule has 0 unspecified atom stereocenters. The highest BCUT2D eigenvalue weighted by molar-refractivity contribution is 7.12. The highest BCUT2D eigenvalue weighted by atomic mass is 32.1. The molecule has 0 atom stereocenters. The van der Waals surface area contributed by atoms with Crippen molar-refractivity contribution in [2.24, 2.45) is 0 Å². The second-order valence-electron chi connectivity index (χ2n) is 4.98. The second kappa shape index (κ2) is 6.74. The van der Waals surface area contributed by atoms with Crippen molar-refractivity contribution in [3.8, 4) is 17.3 Å². The van der Waals surface area contributed by atoms with Gasteiger partial charge in [0.15, 0.2) is 0 Å². The van der Waals surface area contributed by atoms with E-state index in [2.05, 4.69) is 11.1 Å². The molecule has 0 spiro atoms. The van der Waals surface area contributed by atoms with Gasteiger partial charge >= 0.3 is 0 Å². The Hall–Kier alpha value is -2.82. The number of nitro groups is 1. The Bertz CT molecular complexity index is 980. The summed E-state index contributed by atoms with van der Waals surface area (Å²) in [4.78, 5) is 16.0. The molecule has 0 saturated carbocycles. The molecule has 0 radical (unpaired) electrons. The summed E-state index contributed by atoms with van der Waals surface area (Å²) in [6.07, 6.45) is 1.83. The molecular weight excluding hydrogens is 342 g/mol. The van der Waals surface area contributed by atoms with Gasteiger partial charge in [-0.3, -0.25) is 10.1 Å². The van der Waals surface area contributed by atoms with E-state index in [0.29, 0.717) is 21.8 Å². The summed E-state index contributed by atoms with van der Waals surface area (Å²) in [5.74, 6) is 0. The predicted octanol–water partition coefficient (Wildman–Crippen LogP) is 5.15. The second-order valence-corrected chi connectivity index (χ2v) is 6.79. The summed E-state index contributed by atoms with van der Waals surface area (Å²) in [6, 6.07) is 10.5. The van der Waals surface area contributed by atoms with Crippen LogP contribution in [0.3, 0.4) is 0 Å². The van der Waals surface area contributed by atoms with Gasteiger partial charge in [-0.2, -0.15) is 5.26 Å². The number of nitro benzene ring substituents is 1. The van der Waals surface area contributed by atoms with Crippen LogP contribution in [-0.4, -0.2) is 9.91 Å². The number of non-ortho nitro benzene ring substituents is 1. The number of thiazole rings is 1. The fraction of sp³-hybridized carbons (Fsp3) is 0.0588. The highest BCUT2D eigenvalue weighted by Gasteiger charge is 2.12. The molecule has 0 N–H and O–H groups in total. The topological polar surface area (TPSA) is 79.8 Å². The Morgan fingerprint density at radius 2 is 2.21 bits per heavy atom. The first kappa shape index (κ1) is 16.1. The monoisotopic (exact) mass is 353 g/mol. The predicted molar refractivity (Wildman–Crippen MR) is 96.7 cm³/mol. The number of nitriles is 1. The number of allylic oxidation sites excluding steroid dienone is 1. The molecule has 0 aliphatic heterocycles. The van der Waals surface area contributed by atoms with Crippen molar-refractivity contribution in [3.63, 3.8) is 0 Å². The maximum Gasteiger partial charge on any atom is 0.270 e. The van der Waals surface area contributed by atoms with Crippen LogP contribution < -0.4 is 0 Å². The molecule has 7 heteroatoms. The highest BCUT2D eigenvalue weighted by Crippen LogP contribution is 2.30. The van der Waals surface area contributed by atoms with Crippen LogP contribution in [0.15, 0.2) is 41.1 Å². The molecule has 2 heterocycles. The van der Waals surface area contributed by atoms with E-state index in [0.717, 1.165) is 10.4 Å². The van der Waals surface area contributed by atoms with E-state index >= 15 is 0 Å². The Morgan fingerprint density at radius 3 is 2.88 bits per heavy atom. The van der Waals surface area contributed by atoms with Crippen molar-refractivity contribution >= 4 is 40.0 Å². The third-order valence-electron chi connectivity index (χ3n) is 3.38. The molecule has 3 aromatic rings. The SMILES string of the molecule is Cc1ccsc1/C=C(\C#N)c1nc(-c2cccc([N+](=O)[O-])c2)cs1. The summed E-state index contributed by atoms with van der Waals surface area (Å²) >= 11 is 2.92. The van der Waals surface area contributed by atoms with Crippen molar-refractivity contribution in [2.75, 3.05) is 0 Å². The van der Waals surface area contributed by atoms with Crippen LogP contribution in [0.5, 0.6) is 0 Å². The number of thiophene rings is 1. The van der Waals surface area contributed by atoms with E-state index in [-0.39, 0.29) is 5.69 Å². The summed E-state index contributed by atoms with van der Waals surface area (Å²) < 4.78 is 0. The Kier molecular flexibility index (Phi) is 4.51. The zero-order valence-electron chi connectivity index (χ0n) is 12.6. The first-order chi connectivity index (χ1) is 11.6. The van der Waals surface area contributed by atoms with Crippen LogP contribution in [-0.2, 0) is 0 Å². The van der Waals surface area contributed by atoms with Crippen LogP contribution in [0.25, 0.3) is 22.9 Å². The maximum atomic E-state index is 10.9. The minimum absolute atomic E-state index is 0.0207. The third-order valence-corrected chi connectivity index (χ3v) is 5.23. The Balaban J connectivity index is 1.97. The lowest BCUT2D eigenvalue weighted by Crippen LogP contribution is -1.88. The number of hydrogen-bond acceptors (Lipinski definition) is 6. The van der Waals surface area contributed by atoms with Crippen LogP contribution in [0, 0.1) is 28.4 Å². The zero-order chi connectivity index (χ0) is 17.1. The van der Waals surface area contributed by atoms with Gasteiger partial charge in [0.2, 0.25) is 0 Å². The zero-order valence-corrected chi connectivity index (χ0v) is 14.2. The maximum absolute atomic E-state index is 10.9. The summed E-state index contributed by atoms with van der Waals surface area (Å²) in [7, 11) is 0. The van der Waals surface area contributed by atoms with Gasteiger partial charge < -0.3 is 0 Å². The average molecular weight is 353 g/mol. The van der Waals surface area contributed by atoms with Gasteiger partial charge in [-0.05, 0) is 30.0 Å². The van der Waals surface area contributed by atoms with Gasteiger partial charge in [0.1, 0.15) is 11.1 Å². The number of nitrogens with zero attached hydrogens (tertiary/aromatic N) is 3. The van der Waals surface area contributed by atoms with Gasteiger partial charge in [-0.15, -0.1) is 22.7 Å². The molecule has 0 fully saturated rings. The molecule has 2 aromatic heterocycles. The number of hydrogen-bond donors (Lipinski definition) is 0. The molecule has 24 heavy (non-hydrogen) atoms. The molecule has 5 nitrogen and oxygen atoms in total. The summed E-state index contributed by atoms with van der Waals surface area (Å²) in [5.41, 5.74) is 2.91. The Morgan fingerprint density at radius 1 is 1.38 bits per heavy atom. The fourth-order valence-electron chi connectivity index (χ4n) is 2.11. The van der Waals surface area contributed by atoms with Crippen molar-refractivity contribution in [1.82, 2.24) is 4.98 Å². The number of benzene rings is 1. The number of aromatic nitrogens is 1. The molecule has 0 aliphatic rings. The summed E-state index contributed by atoms with van der Waals surface area (Å²) in [5, 5.41) is 24.7. The van der Waals surface area contributed by atoms with Gasteiger partial charge in [0.25, 0.3) is 5.69 Å². The largest absolute Gasteiger partial charge is 0.270 e. The molecule has 0 bridgehead atoms. The van der Waals surface area contributed by atoms with Crippen LogP contribution >= 0.6 is 22.7 Å². The minimum Gasteiger partial charge on any atom is -0.258 e. The molecular formula is C17H11N3O2S2. The first-order valence-corrected chi connectivity index (χ1v) is 8.71. The number of rotatable bonds is 4. The molecule has 0 saturated heterocycles. The lowest BCUT2D eigenvalue weighted by Gasteiger charge is -1.97. The van der Waals surface area contributed by atoms with E-state index in [4.69, 9.17) is 0 Å². The van der Waals surface area contributed by atoms with E-state index in [1.54, 1.807) is 28.8 Å². The van der Waals surface area contributed by atoms with Crippen LogP contribution in [0.2, 0.25) is 0 Å². The van der Waals surface area contributed by atoms with E-state index in [9.17, 15) is 15.4 Å². The van der Waals surface area contributed by atoms with Gasteiger partial charge in [0.05, 0.1) is 16.2 Å². The molecule has 118 valence electrons. The molecule has 3 rings (SSSR count). The van der Waals surface area contributed by atoms with Crippen molar-refractivity contribution < 1.29 is 4.92 Å². The van der Waals surface area contributed by atoms with E-state index in [1.165, 1.54) is 23.5 Å². The minimum atomic E-state index is -0.434. The smallest absolute Gasteiger partial charge is 0.258 e. The fourth-order valence-corrected chi connectivity index (χ4v) is 3.77. The quantitative estimate of drug-likeness (QED) is 0.369. The lowest BCUT2D eigenvalue weighted by atomic mass is 10.1. The third kappa shape index (κ3) is 3.25. The Labute approximate surface area is 146 Å². The first-order valence-electron chi connectivity index (χ1n) is 6.95. The van der Waals surface area contributed by atoms with Gasteiger partial charge in [-0.25, -0.2) is 4.98 Å². The number of aryl methyl sites for hydroxylation is 1. The van der Waals surface area contributed by atoms with Gasteiger partial charge in [0, 0.05) is 28.0 Å².